The molecule has 0 spiro atoms. The lowest BCUT2D eigenvalue weighted by molar-refractivity contribution is 0.0999. The van der Waals surface area contributed by atoms with Crippen LogP contribution in [0.2, 0.25) is 0 Å². The quantitative estimate of drug-likeness (QED) is 0.894. The Labute approximate surface area is 97.4 Å². The Morgan fingerprint density at radius 3 is 2.60 bits per heavy atom. The molecule has 80 valence electrons. The zero-order valence-corrected chi connectivity index (χ0v) is 9.96. The lowest BCUT2D eigenvalue weighted by Crippen LogP contribution is -2.19. The summed E-state index contributed by atoms with van der Waals surface area (Å²) in [5.74, 6) is -0.386. The van der Waals surface area contributed by atoms with Crippen LogP contribution in [0.15, 0.2) is 22.7 Å². The van der Waals surface area contributed by atoms with Gasteiger partial charge in [-0.2, -0.15) is 0 Å². The summed E-state index contributed by atoms with van der Waals surface area (Å²) in [4.78, 5) is 13.4. The van der Waals surface area contributed by atoms with Crippen molar-refractivity contribution in [2.45, 2.75) is 12.8 Å². The van der Waals surface area contributed by atoms with Gasteiger partial charge in [-0.05, 0) is 47.0 Å². The first-order valence-corrected chi connectivity index (χ1v) is 5.82. The highest BCUT2D eigenvalue weighted by atomic mass is 79.9. The minimum Gasteiger partial charge on any atom is -0.372 e. The predicted molar refractivity (Wildman–Crippen MR) is 64.1 cm³/mol. The molecule has 1 amide bonds. The van der Waals surface area contributed by atoms with Crippen molar-refractivity contribution in [2.24, 2.45) is 5.73 Å². The van der Waals surface area contributed by atoms with Gasteiger partial charge >= 0.3 is 0 Å². The maximum atomic E-state index is 11.2. The third kappa shape index (κ3) is 2.15. The summed E-state index contributed by atoms with van der Waals surface area (Å²) in [5, 5.41) is 0. The van der Waals surface area contributed by atoms with Gasteiger partial charge in [0.1, 0.15) is 0 Å². The van der Waals surface area contributed by atoms with E-state index >= 15 is 0 Å². The lowest BCUT2D eigenvalue weighted by atomic mass is 10.2. The van der Waals surface area contributed by atoms with Crippen LogP contribution < -0.4 is 10.6 Å². The van der Waals surface area contributed by atoms with Crippen LogP contribution in [-0.2, 0) is 0 Å². The highest BCUT2D eigenvalue weighted by molar-refractivity contribution is 9.10. The normalized spacial score (nSPS) is 15.7. The molecule has 15 heavy (non-hydrogen) atoms. The van der Waals surface area contributed by atoms with Gasteiger partial charge in [0.25, 0.3) is 0 Å². The van der Waals surface area contributed by atoms with Gasteiger partial charge in [0.15, 0.2) is 0 Å². The number of hydrogen-bond donors (Lipinski definition) is 1. The molecule has 1 aromatic carbocycles. The average molecular weight is 269 g/mol. The molecule has 0 aromatic heterocycles. The van der Waals surface area contributed by atoms with Crippen molar-refractivity contribution in [2.75, 3.05) is 18.0 Å². The van der Waals surface area contributed by atoms with Crippen LogP contribution in [0.3, 0.4) is 0 Å². The molecular formula is C11H13BrN2O. The van der Waals surface area contributed by atoms with Gasteiger partial charge in [-0.15, -0.1) is 0 Å². The molecule has 3 nitrogen and oxygen atoms in total. The van der Waals surface area contributed by atoms with Crippen molar-refractivity contribution in [1.82, 2.24) is 0 Å². The van der Waals surface area contributed by atoms with Gasteiger partial charge in [0.05, 0.1) is 5.56 Å². The van der Waals surface area contributed by atoms with Crippen LogP contribution in [-0.4, -0.2) is 19.0 Å². The number of benzene rings is 1. The SMILES string of the molecule is NC(=O)c1cc(N2CCCC2)ccc1Br. The molecule has 1 aliphatic rings. The zero-order chi connectivity index (χ0) is 10.8. The van der Waals surface area contributed by atoms with Gasteiger partial charge in [0.2, 0.25) is 5.91 Å². The number of carbonyl (C=O) groups is 1. The topological polar surface area (TPSA) is 46.3 Å². The summed E-state index contributed by atoms with van der Waals surface area (Å²) in [6, 6.07) is 5.76. The van der Waals surface area contributed by atoms with E-state index in [2.05, 4.69) is 20.8 Å². The summed E-state index contributed by atoms with van der Waals surface area (Å²) < 4.78 is 0.762. The molecule has 2 rings (SSSR count). The highest BCUT2D eigenvalue weighted by Crippen LogP contribution is 2.25. The number of nitrogens with two attached hydrogens (primary N) is 1. The van der Waals surface area contributed by atoms with Crippen molar-refractivity contribution >= 4 is 27.5 Å². The number of carbonyl (C=O) groups excluding carboxylic acids is 1. The Bertz CT molecular complexity index is 386. The minimum absolute atomic E-state index is 0.386. The van der Waals surface area contributed by atoms with Crippen molar-refractivity contribution < 1.29 is 4.79 Å². The molecule has 0 unspecified atom stereocenters. The van der Waals surface area contributed by atoms with E-state index in [-0.39, 0.29) is 5.91 Å². The van der Waals surface area contributed by atoms with Crippen molar-refractivity contribution in [3.8, 4) is 0 Å². The minimum atomic E-state index is -0.386. The largest absolute Gasteiger partial charge is 0.372 e. The molecule has 2 N–H and O–H groups in total. The summed E-state index contributed by atoms with van der Waals surface area (Å²) in [5.41, 5.74) is 6.94. The number of nitrogens with zero attached hydrogens (tertiary/aromatic N) is 1. The van der Waals surface area contributed by atoms with Crippen LogP contribution >= 0.6 is 15.9 Å². The molecule has 1 aliphatic heterocycles. The summed E-state index contributed by atoms with van der Waals surface area (Å²) >= 11 is 3.32. The Balaban J connectivity index is 2.33. The number of primary amides is 1. The third-order valence-corrected chi connectivity index (χ3v) is 3.38. The second kappa shape index (κ2) is 4.23. The Morgan fingerprint density at radius 2 is 2.00 bits per heavy atom. The summed E-state index contributed by atoms with van der Waals surface area (Å²) in [7, 11) is 0. The standard InChI is InChI=1S/C11H13BrN2O/c12-10-4-3-8(7-9(10)11(13)15)14-5-1-2-6-14/h3-4,7H,1-2,5-6H2,(H2,13,15). The molecule has 0 radical (unpaired) electrons. The molecule has 1 aromatic rings. The average Bonchev–Trinajstić information content (AvgIpc) is 2.71. The first-order valence-electron chi connectivity index (χ1n) is 5.03. The Hall–Kier alpha value is -1.03. The van der Waals surface area contributed by atoms with E-state index in [1.165, 1.54) is 12.8 Å². The third-order valence-electron chi connectivity index (χ3n) is 2.69. The second-order valence-electron chi connectivity index (χ2n) is 3.72. The fourth-order valence-corrected chi connectivity index (χ4v) is 2.32. The van der Waals surface area contributed by atoms with Crippen LogP contribution in [0.5, 0.6) is 0 Å². The molecule has 4 heteroatoms. The van der Waals surface area contributed by atoms with Crippen LogP contribution in [0, 0.1) is 0 Å². The van der Waals surface area contributed by atoms with E-state index in [0.29, 0.717) is 5.56 Å². The molecule has 0 aliphatic carbocycles. The van der Waals surface area contributed by atoms with Gasteiger partial charge in [0, 0.05) is 23.2 Å². The zero-order valence-electron chi connectivity index (χ0n) is 8.37. The van der Waals surface area contributed by atoms with Crippen molar-refractivity contribution in [3.63, 3.8) is 0 Å². The number of anilines is 1. The Kier molecular flexibility index (Phi) is 2.95. The Morgan fingerprint density at radius 1 is 1.33 bits per heavy atom. The fraction of sp³-hybridized carbons (Fsp3) is 0.364. The molecule has 1 saturated heterocycles. The van der Waals surface area contributed by atoms with Gasteiger partial charge in [-0.25, -0.2) is 0 Å². The van der Waals surface area contributed by atoms with Crippen molar-refractivity contribution in [3.05, 3.63) is 28.2 Å². The maximum Gasteiger partial charge on any atom is 0.249 e. The molecule has 0 bridgehead atoms. The molecule has 1 fully saturated rings. The molecular weight excluding hydrogens is 256 g/mol. The number of halogens is 1. The number of rotatable bonds is 2. The van der Waals surface area contributed by atoms with E-state index in [1.807, 2.05) is 18.2 Å². The van der Waals surface area contributed by atoms with E-state index in [1.54, 1.807) is 0 Å². The van der Waals surface area contributed by atoms with Crippen molar-refractivity contribution in [1.29, 1.82) is 0 Å². The van der Waals surface area contributed by atoms with Gasteiger partial charge < -0.3 is 10.6 Å². The molecule has 0 atom stereocenters. The molecule has 1 heterocycles. The summed E-state index contributed by atoms with van der Waals surface area (Å²) in [6.45, 7) is 2.14. The first-order chi connectivity index (χ1) is 7.18. The number of amides is 1. The fourth-order valence-electron chi connectivity index (χ4n) is 1.87. The maximum absolute atomic E-state index is 11.2. The van der Waals surface area contributed by atoms with E-state index in [4.69, 9.17) is 5.73 Å². The predicted octanol–water partition coefficient (Wildman–Crippen LogP) is 2.15. The van der Waals surface area contributed by atoms with Crippen LogP contribution in [0.25, 0.3) is 0 Å². The highest BCUT2D eigenvalue weighted by Gasteiger charge is 2.14. The van der Waals surface area contributed by atoms with E-state index < -0.39 is 0 Å². The number of hydrogen-bond acceptors (Lipinski definition) is 2. The molecule has 0 saturated carbocycles. The van der Waals surface area contributed by atoms with E-state index in [0.717, 1.165) is 23.2 Å². The lowest BCUT2D eigenvalue weighted by Gasteiger charge is -2.18. The van der Waals surface area contributed by atoms with Gasteiger partial charge in [-0.3, -0.25) is 4.79 Å². The first kappa shape index (κ1) is 10.5. The monoisotopic (exact) mass is 268 g/mol. The van der Waals surface area contributed by atoms with Crippen LogP contribution in [0.1, 0.15) is 23.2 Å². The van der Waals surface area contributed by atoms with Gasteiger partial charge in [-0.1, -0.05) is 0 Å². The summed E-state index contributed by atoms with van der Waals surface area (Å²) in [6.07, 6.45) is 2.45. The van der Waals surface area contributed by atoms with E-state index in [9.17, 15) is 4.79 Å². The van der Waals surface area contributed by atoms with Crippen LogP contribution in [0.4, 0.5) is 5.69 Å². The second-order valence-corrected chi connectivity index (χ2v) is 4.58. The smallest absolute Gasteiger partial charge is 0.249 e.